The lowest BCUT2D eigenvalue weighted by Crippen LogP contribution is -2.21. The van der Waals surface area contributed by atoms with Gasteiger partial charge < -0.3 is 10.3 Å². The summed E-state index contributed by atoms with van der Waals surface area (Å²) in [6, 6.07) is 0. The van der Waals surface area contributed by atoms with Crippen LogP contribution >= 0.6 is 0 Å². The highest BCUT2D eigenvalue weighted by molar-refractivity contribution is 7.89. The number of carbonyl (C=O) groups is 1. The lowest BCUT2D eigenvalue weighted by molar-refractivity contribution is -0.137. The molecule has 8 nitrogen and oxygen atoms in total. The zero-order valence-corrected chi connectivity index (χ0v) is 9.45. The van der Waals surface area contributed by atoms with Crippen LogP contribution < -0.4 is 4.89 Å². The lowest BCUT2D eigenvalue weighted by atomic mass is 10.4. The molecule has 0 spiro atoms. The van der Waals surface area contributed by atoms with E-state index < -0.39 is 22.5 Å². The molecule has 9 heteroatoms. The first-order valence-electron chi connectivity index (χ1n) is 4.21. The van der Waals surface area contributed by atoms with E-state index in [0.717, 1.165) is 4.68 Å². The molecule has 1 aromatic heterocycles. The van der Waals surface area contributed by atoms with Crippen LogP contribution in [0.25, 0.3) is 0 Å². The predicted molar refractivity (Wildman–Crippen MR) is 51.4 cm³/mol. The minimum Gasteiger partial charge on any atom is -0.480 e. The Labute approximate surface area is 91.5 Å². The fourth-order valence-electron chi connectivity index (χ4n) is 1.40. The topological polar surface area (TPSA) is 122 Å². The maximum atomic E-state index is 11.4. The summed E-state index contributed by atoms with van der Waals surface area (Å²) in [5.74, 6) is -1.13. The second kappa shape index (κ2) is 4.20. The third-order valence-corrected chi connectivity index (χ3v) is 3.36. The zero-order chi connectivity index (χ0) is 12.5. The first kappa shape index (κ1) is 12.6. The number of sulfonamides is 1. The Kier molecular flexibility index (Phi) is 3.31. The number of aliphatic carboxylic acids is 1. The predicted octanol–water partition coefficient (Wildman–Crippen LogP) is -0.748. The molecule has 0 bridgehead atoms. The van der Waals surface area contributed by atoms with Gasteiger partial charge in [-0.25, -0.2) is 8.42 Å². The van der Waals surface area contributed by atoms with Crippen LogP contribution in [-0.4, -0.2) is 34.5 Å². The van der Waals surface area contributed by atoms with Gasteiger partial charge in [0.05, 0.1) is 11.4 Å². The molecule has 1 rings (SSSR count). The van der Waals surface area contributed by atoms with E-state index >= 15 is 0 Å². The van der Waals surface area contributed by atoms with Gasteiger partial charge in [0.2, 0.25) is 0 Å². The molecule has 0 aliphatic heterocycles. The molecule has 16 heavy (non-hydrogen) atoms. The molecule has 1 aromatic rings. The minimum absolute atomic E-state index is 0.125. The van der Waals surface area contributed by atoms with Crippen LogP contribution in [0.3, 0.4) is 0 Å². The molecular weight excluding hydrogens is 238 g/mol. The standard InChI is InChI=1S/C7H11N3O5S/c1-4-7(16(14,15)9-13)5(2)10(8-4)3-6(11)12/h9,13H,3H2,1-2H3,(H,11,12). The molecule has 0 unspecified atom stereocenters. The molecule has 1 heterocycles. The molecule has 0 fully saturated rings. The van der Waals surface area contributed by atoms with Crippen molar-refractivity contribution in [2.75, 3.05) is 0 Å². The smallest absolute Gasteiger partial charge is 0.325 e. The van der Waals surface area contributed by atoms with Crippen molar-refractivity contribution in [3.05, 3.63) is 11.4 Å². The summed E-state index contributed by atoms with van der Waals surface area (Å²) in [5, 5.41) is 20.8. The molecular formula is C7H11N3O5S. The van der Waals surface area contributed by atoms with Crippen molar-refractivity contribution < 1.29 is 23.5 Å². The van der Waals surface area contributed by atoms with Gasteiger partial charge in [0.1, 0.15) is 11.4 Å². The zero-order valence-electron chi connectivity index (χ0n) is 8.63. The van der Waals surface area contributed by atoms with Gasteiger partial charge in [-0.2, -0.15) is 5.10 Å². The van der Waals surface area contributed by atoms with E-state index in [4.69, 9.17) is 10.3 Å². The summed E-state index contributed by atoms with van der Waals surface area (Å²) in [6.45, 7) is 2.39. The first-order chi connectivity index (χ1) is 7.29. The van der Waals surface area contributed by atoms with Crippen LogP contribution in [-0.2, 0) is 21.4 Å². The molecule has 90 valence electrons. The van der Waals surface area contributed by atoms with Gasteiger partial charge in [0.15, 0.2) is 0 Å². The van der Waals surface area contributed by atoms with Crippen molar-refractivity contribution in [1.29, 1.82) is 0 Å². The Morgan fingerprint density at radius 2 is 2.06 bits per heavy atom. The first-order valence-corrected chi connectivity index (χ1v) is 5.69. The summed E-state index contributed by atoms with van der Waals surface area (Å²) in [5.41, 5.74) is 0.279. The summed E-state index contributed by atoms with van der Waals surface area (Å²) < 4.78 is 23.8. The molecule has 0 atom stereocenters. The number of nitrogens with one attached hydrogen (secondary N) is 1. The summed E-state index contributed by atoms with van der Waals surface area (Å²) in [7, 11) is -4.05. The van der Waals surface area contributed by atoms with Gasteiger partial charge in [-0.05, 0) is 13.8 Å². The Bertz CT molecular complexity index is 518. The van der Waals surface area contributed by atoms with E-state index in [-0.39, 0.29) is 16.3 Å². The molecule has 0 amide bonds. The van der Waals surface area contributed by atoms with Crippen molar-refractivity contribution in [3.8, 4) is 0 Å². The molecule has 0 aliphatic rings. The number of hydrogen-bond acceptors (Lipinski definition) is 5. The number of carboxylic acids is 1. The van der Waals surface area contributed by atoms with Gasteiger partial charge >= 0.3 is 5.97 Å². The van der Waals surface area contributed by atoms with Crippen LogP contribution in [0.4, 0.5) is 0 Å². The normalized spacial score (nSPS) is 11.7. The summed E-state index contributed by atoms with van der Waals surface area (Å²) in [4.78, 5) is 11.5. The van der Waals surface area contributed by atoms with Crippen molar-refractivity contribution in [1.82, 2.24) is 14.7 Å². The third kappa shape index (κ3) is 2.21. The van der Waals surface area contributed by atoms with Gasteiger partial charge in [0.25, 0.3) is 10.0 Å². The fourth-order valence-corrected chi connectivity index (χ4v) is 2.41. The van der Waals surface area contributed by atoms with Crippen LogP contribution in [0.1, 0.15) is 11.4 Å². The molecule has 3 N–H and O–H groups in total. The van der Waals surface area contributed by atoms with E-state index in [2.05, 4.69) is 5.10 Å². The van der Waals surface area contributed by atoms with Crippen molar-refractivity contribution in [3.63, 3.8) is 0 Å². The highest BCUT2D eigenvalue weighted by atomic mass is 32.2. The van der Waals surface area contributed by atoms with Crippen LogP contribution in [0.5, 0.6) is 0 Å². The molecule has 0 saturated heterocycles. The highest BCUT2D eigenvalue weighted by Crippen LogP contribution is 2.18. The number of carboxylic acid groups (broad SMARTS) is 1. The average molecular weight is 249 g/mol. The van der Waals surface area contributed by atoms with E-state index in [9.17, 15) is 13.2 Å². The van der Waals surface area contributed by atoms with Gasteiger partial charge in [-0.1, -0.05) is 4.89 Å². The molecule has 0 saturated carbocycles. The van der Waals surface area contributed by atoms with E-state index in [1.54, 1.807) is 0 Å². The molecule has 0 aromatic carbocycles. The minimum atomic E-state index is -4.05. The Morgan fingerprint density at radius 1 is 1.50 bits per heavy atom. The second-order valence-corrected chi connectivity index (χ2v) is 4.74. The van der Waals surface area contributed by atoms with Crippen molar-refractivity contribution >= 4 is 16.0 Å². The van der Waals surface area contributed by atoms with Crippen molar-refractivity contribution in [2.24, 2.45) is 0 Å². The SMILES string of the molecule is Cc1nn(CC(=O)O)c(C)c1S(=O)(=O)NO. The van der Waals surface area contributed by atoms with Crippen LogP contribution in [0.2, 0.25) is 0 Å². The molecule has 0 radical (unpaired) electrons. The van der Waals surface area contributed by atoms with Crippen molar-refractivity contribution in [2.45, 2.75) is 25.3 Å². The fraction of sp³-hybridized carbons (Fsp3) is 0.429. The van der Waals surface area contributed by atoms with E-state index in [1.807, 2.05) is 0 Å². The number of nitrogens with zero attached hydrogens (tertiary/aromatic N) is 2. The second-order valence-electron chi connectivity index (χ2n) is 3.15. The summed E-state index contributed by atoms with van der Waals surface area (Å²) in [6.07, 6.45) is 0. The van der Waals surface area contributed by atoms with Gasteiger partial charge in [-0.15, -0.1) is 0 Å². The quantitative estimate of drug-likeness (QED) is 0.604. The number of aromatic nitrogens is 2. The number of hydrogen-bond donors (Lipinski definition) is 3. The maximum Gasteiger partial charge on any atom is 0.325 e. The highest BCUT2D eigenvalue weighted by Gasteiger charge is 2.24. The lowest BCUT2D eigenvalue weighted by Gasteiger charge is -2.02. The van der Waals surface area contributed by atoms with Gasteiger partial charge in [-0.3, -0.25) is 9.48 Å². The average Bonchev–Trinajstić information content (AvgIpc) is 2.41. The Hall–Kier alpha value is -1.45. The maximum absolute atomic E-state index is 11.4. The molecule has 0 aliphatic carbocycles. The Morgan fingerprint density at radius 3 is 2.50 bits per heavy atom. The number of rotatable bonds is 4. The van der Waals surface area contributed by atoms with Crippen LogP contribution in [0.15, 0.2) is 4.90 Å². The largest absolute Gasteiger partial charge is 0.480 e. The number of aryl methyl sites for hydroxylation is 1. The monoisotopic (exact) mass is 249 g/mol. The van der Waals surface area contributed by atoms with E-state index in [1.165, 1.54) is 18.7 Å². The Balaban J connectivity index is 3.33. The summed E-state index contributed by atoms with van der Waals surface area (Å²) >= 11 is 0. The third-order valence-electron chi connectivity index (χ3n) is 1.99. The van der Waals surface area contributed by atoms with Crippen LogP contribution in [0, 0.1) is 13.8 Å². The van der Waals surface area contributed by atoms with E-state index in [0.29, 0.717) is 0 Å². The van der Waals surface area contributed by atoms with Gasteiger partial charge in [0, 0.05) is 0 Å².